The fourth-order valence-corrected chi connectivity index (χ4v) is 5.41. The molecule has 0 radical (unpaired) electrons. The molecule has 0 aliphatic heterocycles. The highest BCUT2D eigenvalue weighted by atomic mass is 35.5. The molecule has 4 nitrogen and oxygen atoms in total. The van der Waals surface area contributed by atoms with Crippen molar-refractivity contribution in [1.29, 1.82) is 0 Å². The van der Waals surface area contributed by atoms with Crippen molar-refractivity contribution in [2.24, 2.45) is 0 Å². The maximum Gasteiger partial charge on any atom is 0.310 e. The van der Waals surface area contributed by atoms with E-state index in [4.69, 9.17) is 23.2 Å². The minimum absolute atomic E-state index is 0.0368. The fraction of sp³-hybridized carbons (Fsp3) is 0.400. The van der Waals surface area contributed by atoms with Crippen molar-refractivity contribution >= 4 is 45.0 Å². The molecule has 1 aliphatic rings. The van der Waals surface area contributed by atoms with Gasteiger partial charge in [-0.1, -0.05) is 68.0 Å². The molecule has 1 atom stereocenters. The summed E-state index contributed by atoms with van der Waals surface area (Å²) in [7, 11) is -8.58. The van der Waals surface area contributed by atoms with Gasteiger partial charge in [0, 0.05) is 31.0 Å². The molecule has 1 amide bonds. The zero-order chi connectivity index (χ0) is 23.8. The summed E-state index contributed by atoms with van der Waals surface area (Å²) in [4.78, 5) is 16.3. The van der Waals surface area contributed by atoms with Gasteiger partial charge in [0.1, 0.15) is 10.9 Å². The number of amides is 1. The monoisotopic (exact) mass is 517 g/mol. The molecule has 0 bridgehead atoms. The molecular weight excluding hydrogens is 496 g/mol. The van der Waals surface area contributed by atoms with Gasteiger partial charge in [0.2, 0.25) is 5.91 Å². The lowest BCUT2D eigenvalue weighted by Crippen LogP contribution is -2.44. The Labute approximate surface area is 192 Å². The Balaban J connectivity index is 2.01. The minimum atomic E-state index is -9.99. The molecule has 1 heterocycles. The molecule has 1 N–H and O–H groups in total. The van der Waals surface area contributed by atoms with Crippen molar-refractivity contribution in [3.05, 3.63) is 52.3 Å². The van der Waals surface area contributed by atoms with E-state index in [1.165, 1.54) is 24.3 Å². The minimum Gasteiger partial charge on any atom is -0.357 e. The number of benzene rings is 1. The van der Waals surface area contributed by atoms with Crippen LogP contribution in [0.4, 0.5) is 25.1 Å². The third-order valence-electron chi connectivity index (χ3n) is 5.38. The van der Waals surface area contributed by atoms with Crippen LogP contribution in [0, 0.1) is 0 Å². The van der Waals surface area contributed by atoms with Gasteiger partial charge in [-0.05, 0) is 31.0 Å². The zero-order valence-corrected chi connectivity index (χ0v) is 19.3. The van der Waals surface area contributed by atoms with Gasteiger partial charge < -0.3 is 10.2 Å². The molecule has 1 unspecified atom stereocenters. The quantitative estimate of drug-likeness (QED) is 0.399. The number of hydrogen-bond acceptors (Lipinski definition) is 3. The van der Waals surface area contributed by atoms with Crippen LogP contribution in [0.2, 0.25) is 10.0 Å². The number of aromatic nitrogens is 1. The average Bonchev–Trinajstić information content (AvgIpc) is 2.67. The van der Waals surface area contributed by atoms with Crippen LogP contribution < -0.4 is 10.2 Å². The van der Waals surface area contributed by atoms with Crippen LogP contribution in [0.15, 0.2) is 41.6 Å². The number of rotatable bonds is 6. The van der Waals surface area contributed by atoms with Gasteiger partial charge in [0.05, 0.1) is 15.7 Å². The van der Waals surface area contributed by atoms with Crippen molar-refractivity contribution in [1.82, 2.24) is 10.3 Å². The number of halogens is 7. The van der Waals surface area contributed by atoms with Crippen LogP contribution in [-0.2, 0) is 4.79 Å². The van der Waals surface area contributed by atoms with E-state index < -0.39 is 37.1 Å². The number of hydrogen-bond donors (Lipinski definition) is 1. The summed E-state index contributed by atoms with van der Waals surface area (Å²) in [6, 6.07) is 2.42. The second kappa shape index (κ2) is 8.22. The first kappa shape index (κ1) is 24.9. The van der Waals surface area contributed by atoms with Crippen LogP contribution >= 0.6 is 33.4 Å². The third-order valence-corrected chi connectivity index (χ3v) is 7.08. The average molecular weight is 518 g/mol. The predicted octanol–water partition coefficient (Wildman–Crippen LogP) is 7.67. The van der Waals surface area contributed by atoms with Crippen molar-refractivity contribution in [2.45, 2.75) is 49.1 Å². The van der Waals surface area contributed by atoms with Gasteiger partial charge >= 0.3 is 10.2 Å². The molecule has 1 saturated carbocycles. The summed E-state index contributed by atoms with van der Waals surface area (Å²) in [6.45, 7) is 0. The summed E-state index contributed by atoms with van der Waals surface area (Å²) in [6.07, 6.45) is 7.61. The Morgan fingerprint density at radius 2 is 1.72 bits per heavy atom. The van der Waals surface area contributed by atoms with E-state index in [9.17, 15) is 24.2 Å². The SMILES string of the molecule is CN(c1c(Cl)cc(S(F)(F)(F)(F)F)cc1Cl)C(C(=O)NC1CCCCC1)c1cccnc1. The molecule has 2 aromatic rings. The van der Waals surface area contributed by atoms with E-state index in [2.05, 4.69) is 10.3 Å². The van der Waals surface area contributed by atoms with Crippen molar-refractivity contribution in [3.8, 4) is 0 Å². The maximum atomic E-state index is 13.2. The molecule has 12 heteroatoms. The van der Waals surface area contributed by atoms with Crippen molar-refractivity contribution in [3.63, 3.8) is 0 Å². The Bertz CT molecular complexity index is 979. The molecule has 32 heavy (non-hydrogen) atoms. The molecule has 1 aliphatic carbocycles. The van der Waals surface area contributed by atoms with Gasteiger partial charge in [-0.2, -0.15) is 0 Å². The van der Waals surface area contributed by atoms with Gasteiger partial charge in [0.15, 0.2) is 0 Å². The number of nitrogens with one attached hydrogen (secondary N) is 1. The van der Waals surface area contributed by atoms with Gasteiger partial charge in [-0.15, -0.1) is 0 Å². The molecule has 3 rings (SSSR count). The smallest absolute Gasteiger partial charge is 0.310 e. The van der Waals surface area contributed by atoms with E-state index in [1.54, 1.807) is 12.1 Å². The van der Waals surface area contributed by atoms with Gasteiger partial charge in [-0.25, -0.2) is 0 Å². The summed E-state index contributed by atoms with van der Waals surface area (Å²) < 4.78 is 66.2. The lowest BCUT2D eigenvalue weighted by atomic mass is 9.95. The highest BCUT2D eigenvalue weighted by Gasteiger charge is 2.65. The topological polar surface area (TPSA) is 45.2 Å². The Morgan fingerprint density at radius 3 is 2.22 bits per heavy atom. The molecule has 1 fully saturated rings. The molecule has 178 valence electrons. The summed E-state index contributed by atoms with van der Waals surface area (Å²) in [5.74, 6) is -0.420. The first-order valence-electron chi connectivity index (χ1n) is 9.83. The van der Waals surface area contributed by atoms with E-state index in [-0.39, 0.29) is 23.9 Å². The standard InChI is InChI=1S/C20H22Cl2F5N3OS/c1-30(19-16(21)10-15(11-17(19)22)32(23,24,25,26)27)18(13-6-5-9-28-12-13)20(31)29-14-7-3-2-4-8-14/h5-6,9-12,14,18H,2-4,7-8H2,1H3,(H,29,31). The molecule has 1 aromatic carbocycles. The van der Waals surface area contributed by atoms with Crippen molar-refractivity contribution < 1.29 is 24.2 Å². The van der Waals surface area contributed by atoms with E-state index in [0.717, 1.165) is 32.1 Å². The van der Waals surface area contributed by atoms with Crippen molar-refractivity contribution in [2.75, 3.05) is 11.9 Å². The molecule has 1 aromatic heterocycles. The second-order valence-electron chi connectivity index (χ2n) is 7.85. The number of anilines is 1. The summed E-state index contributed by atoms with van der Waals surface area (Å²) in [5, 5.41) is 1.67. The normalized spacial score (nSPS) is 18.4. The number of carbonyl (C=O) groups is 1. The molecular formula is C20H22Cl2F5N3OS. The maximum absolute atomic E-state index is 13.2. The van der Waals surface area contributed by atoms with E-state index >= 15 is 0 Å². The number of pyridine rings is 1. The zero-order valence-electron chi connectivity index (χ0n) is 17.0. The lowest BCUT2D eigenvalue weighted by Gasteiger charge is -2.41. The largest absolute Gasteiger partial charge is 0.357 e. The van der Waals surface area contributed by atoms with Gasteiger partial charge in [-0.3, -0.25) is 9.78 Å². The first-order valence-corrected chi connectivity index (χ1v) is 12.5. The van der Waals surface area contributed by atoms with Crippen LogP contribution in [-0.4, -0.2) is 24.0 Å². The van der Waals surface area contributed by atoms with E-state index in [0.29, 0.717) is 5.56 Å². The summed E-state index contributed by atoms with van der Waals surface area (Å²) >= 11 is 12.0. The van der Waals surface area contributed by atoms with E-state index in [1.807, 2.05) is 0 Å². The van der Waals surface area contributed by atoms with Crippen LogP contribution in [0.1, 0.15) is 43.7 Å². The third kappa shape index (κ3) is 5.77. The Hall–Kier alpha value is -1.78. The van der Waals surface area contributed by atoms with Crippen LogP contribution in [0.5, 0.6) is 0 Å². The predicted molar refractivity (Wildman–Crippen MR) is 118 cm³/mol. The number of nitrogens with zero attached hydrogens (tertiary/aromatic N) is 2. The lowest BCUT2D eigenvalue weighted by molar-refractivity contribution is -0.123. The second-order valence-corrected chi connectivity index (χ2v) is 11.1. The number of likely N-dealkylation sites (N-methyl/N-ethyl adjacent to an activating group) is 1. The first-order chi connectivity index (χ1) is 14.7. The Morgan fingerprint density at radius 1 is 1.12 bits per heavy atom. The molecule has 0 spiro atoms. The highest BCUT2D eigenvalue weighted by molar-refractivity contribution is 8.45. The van der Waals surface area contributed by atoms with Crippen LogP contribution in [0.3, 0.4) is 0 Å². The number of carbonyl (C=O) groups excluding carboxylic acids is 1. The summed E-state index contributed by atoms with van der Waals surface area (Å²) in [5.41, 5.74) is 0.263. The molecule has 0 saturated heterocycles. The Kier molecular flexibility index (Phi) is 6.38. The fourth-order valence-electron chi connectivity index (χ4n) is 3.85. The van der Waals surface area contributed by atoms with Gasteiger partial charge in [0.25, 0.3) is 0 Å². The highest BCUT2D eigenvalue weighted by Crippen LogP contribution is 3.02. The van der Waals surface area contributed by atoms with Crippen LogP contribution in [0.25, 0.3) is 0 Å².